The zero-order chi connectivity index (χ0) is 29.2. The van der Waals surface area contributed by atoms with E-state index >= 15 is 0 Å². The highest BCUT2D eigenvalue weighted by molar-refractivity contribution is 6.31. The molecular weight excluding hydrogens is 564 g/mol. The third-order valence-corrected chi connectivity index (χ3v) is 6.35. The highest BCUT2D eigenvalue weighted by atomic mass is 35.5. The molecule has 0 radical (unpaired) electrons. The van der Waals surface area contributed by atoms with Gasteiger partial charge >= 0.3 is 6.36 Å². The van der Waals surface area contributed by atoms with Crippen LogP contribution < -0.4 is 10.9 Å². The molecule has 3 heterocycles. The Morgan fingerprint density at radius 3 is 2.73 bits per heavy atom. The monoisotopic (exact) mass is 584 g/mol. The Morgan fingerprint density at radius 1 is 1.30 bits per heavy atom. The topological polar surface area (TPSA) is 137 Å². The van der Waals surface area contributed by atoms with Crippen LogP contribution in [0.25, 0.3) is 0 Å². The minimum absolute atomic E-state index is 0.0109. The first kappa shape index (κ1) is 28.8. The number of anilines is 1. The molecule has 2 N–H and O–H groups in total. The molecular formula is C24H21ClF4N6O5. The van der Waals surface area contributed by atoms with Gasteiger partial charge in [-0.15, -0.1) is 13.2 Å². The lowest BCUT2D eigenvalue weighted by Gasteiger charge is -2.26. The number of hydrogen-bond donors (Lipinski definition) is 2. The SMILES string of the molecule is C[C@H](c1nc(C(=O)Nc2cnoc2)c(O)c(=O)n1C)[C@H](c1cnn(CCOC(F)(F)F)c1)c1cc(F)ccc1Cl. The van der Waals surface area contributed by atoms with Crippen molar-refractivity contribution in [1.82, 2.24) is 24.5 Å². The molecule has 0 saturated heterocycles. The summed E-state index contributed by atoms with van der Waals surface area (Å²) in [5, 5.41) is 20.5. The summed E-state index contributed by atoms with van der Waals surface area (Å²) in [6.07, 6.45) is 0.293. The van der Waals surface area contributed by atoms with E-state index in [2.05, 4.69) is 29.8 Å². The van der Waals surface area contributed by atoms with E-state index in [1.165, 1.54) is 42.5 Å². The minimum Gasteiger partial charge on any atom is -0.501 e. The number of halogens is 5. The predicted octanol–water partition coefficient (Wildman–Crippen LogP) is 4.19. The van der Waals surface area contributed by atoms with Gasteiger partial charge in [0.25, 0.3) is 11.5 Å². The number of aromatic nitrogens is 5. The van der Waals surface area contributed by atoms with Gasteiger partial charge in [-0.05, 0) is 29.3 Å². The predicted molar refractivity (Wildman–Crippen MR) is 132 cm³/mol. The van der Waals surface area contributed by atoms with Gasteiger partial charge in [0.05, 0.1) is 25.5 Å². The number of benzene rings is 1. The molecule has 0 aliphatic rings. The van der Waals surface area contributed by atoms with Crippen molar-refractivity contribution in [2.24, 2.45) is 7.05 Å². The largest absolute Gasteiger partial charge is 0.522 e. The number of hydrogen-bond acceptors (Lipinski definition) is 8. The Morgan fingerprint density at radius 2 is 2.05 bits per heavy atom. The maximum atomic E-state index is 14.3. The molecule has 4 rings (SSSR count). The average molecular weight is 585 g/mol. The van der Waals surface area contributed by atoms with Crippen molar-refractivity contribution in [3.05, 3.63) is 86.9 Å². The van der Waals surface area contributed by atoms with Gasteiger partial charge in [0, 0.05) is 30.1 Å². The van der Waals surface area contributed by atoms with Crippen LogP contribution in [0.15, 0.2) is 52.4 Å². The molecule has 40 heavy (non-hydrogen) atoms. The Kier molecular flexibility index (Phi) is 8.25. The summed E-state index contributed by atoms with van der Waals surface area (Å²) in [7, 11) is 1.32. The summed E-state index contributed by atoms with van der Waals surface area (Å²) >= 11 is 6.42. The second-order valence-corrected chi connectivity index (χ2v) is 9.07. The second kappa shape index (κ2) is 11.5. The van der Waals surface area contributed by atoms with Crippen molar-refractivity contribution in [1.29, 1.82) is 0 Å². The zero-order valence-corrected chi connectivity index (χ0v) is 21.6. The van der Waals surface area contributed by atoms with E-state index in [9.17, 15) is 32.3 Å². The van der Waals surface area contributed by atoms with Crippen molar-refractivity contribution in [3.63, 3.8) is 0 Å². The van der Waals surface area contributed by atoms with Crippen LogP contribution in [0.4, 0.5) is 23.2 Å². The minimum atomic E-state index is -4.81. The van der Waals surface area contributed by atoms with Gasteiger partial charge < -0.3 is 14.9 Å². The molecule has 212 valence electrons. The molecule has 4 aromatic rings. The van der Waals surface area contributed by atoms with Crippen LogP contribution in [0.5, 0.6) is 5.75 Å². The number of alkyl halides is 3. The normalized spacial score (nSPS) is 13.3. The highest BCUT2D eigenvalue weighted by Gasteiger charge is 2.32. The smallest absolute Gasteiger partial charge is 0.501 e. The summed E-state index contributed by atoms with van der Waals surface area (Å²) in [4.78, 5) is 30.0. The van der Waals surface area contributed by atoms with Crippen molar-refractivity contribution in [3.8, 4) is 5.75 Å². The molecule has 2 atom stereocenters. The molecule has 0 aliphatic carbocycles. The van der Waals surface area contributed by atoms with Gasteiger partial charge in [0.2, 0.25) is 5.75 Å². The summed E-state index contributed by atoms with van der Waals surface area (Å²) < 4.78 is 62.2. The maximum Gasteiger partial charge on any atom is 0.522 e. The number of carbonyl (C=O) groups excluding carboxylic acids is 1. The maximum absolute atomic E-state index is 14.3. The Labute approximate surface area is 227 Å². The molecule has 0 saturated carbocycles. The van der Waals surface area contributed by atoms with Crippen molar-refractivity contribution in [2.75, 3.05) is 11.9 Å². The van der Waals surface area contributed by atoms with Gasteiger partial charge in [-0.3, -0.25) is 23.6 Å². The van der Waals surface area contributed by atoms with Crippen molar-refractivity contribution in [2.45, 2.75) is 31.7 Å². The first-order chi connectivity index (χ1) is 18.9. The lowest BCUT2D eigenvalue weighted by molar-refractivity contribution is -0.325. The quantitative estimate of drug-likeness (QED) is 0.279. The molecule has 11 nitrogen and oxygen atoms in total. The van der Waals surface area contributed by atoms with E-state index in [0.717, 1.165) is 16.9 Å². The van der Waals surface area contributed by atoms with Crippen LogP contribution in [-0.4, -0.2) is 48.5 Å². The Bertz CT molecular complexity index is 1570. The third-order valence-electron chi connectivity index (χ3n) is 6.01. The molecule has 0 fully saturated rings. The zero-order valence-electron chi connectivity index (χ0n) is 20.8. The van der Waals surface area contributed by atoms with Crippen LogP contribution in [-0.2, 0) is 18.3 Å². The number of ether oxygens (including phenoxy) is 1. The second-order valence-electron chi connectivity index (χ2n) is 8.66. The third kappa shape index (κ3) is 6.31. The number of amides is 1. The summed E-state index contributed by atoms with van der Waals surface area (Å²) in [6, 6.07) is 3.65. The standard InChI is InChI=1S/C24H21ClF4N6O5/c1-12(21-33-19(20(36)23(38)34(21)2)22(37)32-15-9-31-40-11-15)18(16-7-14(26)3-4-17(16)25)13-8-30-35(10-13)5-6-39-24(27,28)29/h3-4,7-12,18,36H,5-6H2,1-2H3,(H,32,37)/t12-,18+/m0/s1. The fourth-order valence-electron chi connectivity index (χ4n) is 4.19. The van der Waals surface area contributed by atoms with E-state index in [-0.39, 0.29) is 28.6 Å². The number of aromatic hydroxyl groups is 1. The Hall–Kier alpha value is -4.24. The summed E-state index contributed by atoms with van der Waals surface area (Å²) in [5.74, 6) is -4.11. The number of nitrogens with one attached hydrogen (secondary N) is 1. The summed E-state index contributed by atoms with van der Waals surface area (Å²) in [5.41, 5.74) is -0.720. The molecule has 0 spiro atoms. The molecule has 1 amide bonds. The van der Waals surface area contributed by atoms with Crippen molar-refractivity contribution < 1.29 is 36.7 Å². The van der Waals surface area contributed by atoms with E-state index < -0.39 is 53.5 Å². The lowest BCUT2D eigenvalue weighted by Crippen LogP contribution is -2.29. The molecule has 3 aromatic heterocycles. The van der Waals surface area contributed by atoms with Gasteiger partial charge in [-0.1, -0.05) is 23.7 Å². The first-order valence-electron chi connectivity index (χ1n) is 11.5. The van der Waals surface area contributed by atoms with E-state index in [0.29, 0.717) is 5.56 Å². The fraction of sp³-hybridized carbons (Fsp3) is 0.292. The molecule has 0 aliphatic heterocycles. The van der Waals surface area contributed by atoms with Crippen LogP contribution in [0, 0.1) is 5.82 Å². The van der Waals surface area contributed by atoms with Crippen LogP contribution in [0.3, 0.4) is 0 Å². The van der Waals surface area contributed by atoms with Crippen LogP contribution >= 0.6 is 11.6 Å². The van der Waals surface area contributed by atoms with Crippen LogP contribution in [0.2, 0.25) is 5.02 Å². The van der Waals surface area contributed by atoms with Gasteiger partial charge in [0.15, 0.2) is 5.69 Å². The molecule has 0 bridgehead atoms. The van der Waals surface area contributed by atoms with Gasteiger partial charge in [0.1, 0.15) is 23.6 Å². The Balaban J connectivity index is 1.77. The van der Waals surface area contributed by atoms with Crippen molar-refractivity contribution >= 4 is 23.2 Å². The first-order valence-corrected chi connectivity index (χ1v) is 11.9. The van der Waals surface area contributed by atoms with Gasteiger partial charge in [-0.25, -0.2) is 9.37 Å². The fourth-order valence-corrected chi connectivity index (χ4v) is 4.42. The van der Waals surface area contributed by atoms with E-state index in [4.69, 9.17) is 11.6 Å². The lowest BCUT2D eigenvalue weighted by atomic mass is 9.82. The van der Waals surface area contributed by atoms with Crippen LogP contribution in [0.1, 0.15) is 46.2 Å². The summed E-state index contributed by atoms with van der Waals surface area (Å²) in [6.45, 7) is 0.668. The molecule has 1 aromatic carbocycles. The number of nitrogens with zero attached hydrogens (tertiary/aromatic N) is 5. The average Bonchev–Trinajstić information content (AvgIpc) is 3.56. The number of carbonyl (C=O) groups is 1. The number of rotatable bonds is 9. The van der Waals surface area contributed by atoms with E-state index in [1.54, 1.807) is 6.92 Å². The molecule has 16 heteroatoms. The van der Waals surface area contributed by atoms with E-state index in [1.807, 2.05) is 0 Å². The molecule has 0 unspecified atom stereocenters. The van der Waals surface area contributed by atoms with Gasteiger partial charge in [-0.2, -0.15) is 5.10 Å². The highest BCUT2D eigenvalue weighted by Crippen LogP contribution is 2.41.